The highest BCUT2D eigenvalue weighted by Gasteiger charge is 2.33. The molecule has 0 saturated carbocycles. The normalized spacial score (nSPS) is 17.8. The number of ether oxygens (including phenoxy) is 3. The van der Waals surface area contributed by atoms with Crippen LogP contribution in [0.1, 0.15) is 35.4 Å². The Bertz CT molecular complexity index is 1030. The average molecular weight is 476 g/mol. The van der Waals surface area contributed by atoms with Gasteiger partial charge in [-0.3, -0.25) is 0 Å². The van der Waals surface area contributed by atoms with Crippen LogP contribution in [-0.2, 0) is 22.7 Å². The fourth-order valence-corrected chi connectivity index (χ4v) is 4.34. The largest absolute Gasteiger partial charge is 0.494 e. The SMILES string of the molecule is O=C(O)N1CCC(c2ccc(OCCCOCc3ccccc3)cc2)C(OCc2ccccc2)C1. The number of carboxylic acid groups (broad SMARTS) is 1. The van der Waals surface area contributed by atoms with E-state index < -0.39 is 6.09 Å². The van der Waals surface area contributed by atoms with E-state index in [0.717, 1.165) is 29.7 Å². The van der Waals surface area contributed by atoms with E-state index in [2.05, 4.69) is 24.3 Å². The first-order chi connectivity index (χ1) is 17.2. The van der Waals surface area contributed by atoms with Crippen molar-refractivity contribution in [3.05, 3.63) is 102 Å². The molecular formula is C29H33NO5. The summed E-state index contributed by atoms with van der Waals surface area (Å²) in [5, 5.41) is 9.47. The van der Waals surface area contributed by atoms with Crippen molar-refractivity contribution in [3.63, 3.8) is 0 Å². The second-order valence-electron chi connectivity index (χ2n) is 8.77. The molecule has 0 aliphatic carbocycles. The van der Waals surface area contributed by atoms with E-state index in [1.165, 1.54) is 10.5 Å². The van der Waals surface area contributed by atoms with E-state index in [1.807, 2.05) is 60.7 Å². The van der Waals surface area contributed by atoms with Crippen molar-refractivity contribution in [1.82, 2.24) is 4.90 Å². The third-order valence-corrected chi connectivity index (χ3v) is 6.26. The van der Waals surface area contributed by atoms with Crippen LogP contribution in [0, 0.1) is 0 Å². The molecule has 3 aromatic rings. The number of likely N-dealkylation sites (tertiary alicyclic amines) is 1. The van der Waals surface area contributed by atoms with Gasteiger partial charge in [0.15, 0.2) is 0 Å². The van der Waals surface area contributed by atoms with Gasteiger partial charge in [-0.05, 0) is 35.2 Å². The summed E-state index contributed by atoms with van der Waals surface area (Å²) in [6.07, 6.45) is 0.448. The second-order valence-corrected chi connectivity index (χ2v) is 8.77. The molecule has 1 aliphatic heterocycles. The monoisotopic (exact) mass is 475 g/mol. The predicted octanol–water partition coefficient (Wildman–Crippen LogP) is 5.73. The molecule has 2 unspecified atom stereocenters. The van der Waals surface area contributed by atoms with Gasteiger partial charge in [-0.15, -0.1) is 0 Å². The minimum Gasteiger partial charge on any atom is -0.494 e. The summed E-state index contributed by atoms with van der Waals surface area (Å²) in [5.74, 6) is 0.955. The predicted molar refractivity (Wildman–Crippen MR) is 135 cm³/mol. The van der Waals surface area contributed by atoms with Gasteiger partial charge in [-0.2, -0.15) is 0 Å². The van der Waals surface area contributed by atoms with Crippen LogP contribution in [0.4, 0.5) is 4.79 Å². The number of hydrogen-bond donors (Lipinski definition) is 1. The number of benzene rings is 3. The van der Waals surface area contributed by atoms with Crippen LogP contribution in [0.5, 0.6) is 5.75 Å². The molecule has 3 aromatic carbocycles. The zero-order valence-electron chi connectivity index (χ0n) is 19.9. The molecule has 6 nitrogen and oxygen atoms in total. The Balaban J connectivity index is 1.26. The minimum absolute atomic E-state index is 0.134. The van der Waals surface area contributed by atoms with Crippen molar-refractivity contribution in [3.8, 4) is 5.75 Å². The van der Waals surface area contributed by atoms with Gasteiger partial charge in [0, 0.05) is 18.9 Å². The first-order valence-electron chi connectivity index (χ1n) is 12.2. The number of hydrogen-bond acceptors (Lipinski definition) is 4. The molecule has 0 spiro atoms. The summed E-state index contributed by atoms with van der Waals surface area (Å²) in [4.78, 5) is 13.0. The smallest absolute Gasteiger partial charge is 0.407 e. The van der Waals surface area contributed by atoms with Crippen molar-refractivity contribution in [2.24, 2.45) is 0 Å². The average Bonchev–Trinajstić information content (AvgIpc) is 2.91. The highest BCUT2D eigenvalue weighted by atomic mass is 16.5. The van der Waals surface area contributed by atoms with Crippen LogP contribution in [-0.4, -0.2) is 48.5 Å². The van der Waals surface area contributed by atoms with Gasteiger partial charge in [-0.1, -0.05) is 72.8 Å². The van der Waals surface area contributed by atoms with Gasteiger partial charge in [-0.25, -0.2) is 4.79 Å². The molecule has 0 bridgehead atoms. The maximum Gasteiger partial charge on any atom is 0.407 e. The van der Waals surface area contributed by atoms with Gasteiger partial charge < -0.3 is 24.2 Å². The molecular weight excluding hydrogens is 442 g/mol. The molecule has 1 heterocycles. The molecule has 35 heavy (non-hydrogen) atoms. The Morgan fingerprint density at radius 2 is 1.51 bits per heavy atom. The number of amides is 1. The van der Waals surface area contributed by atoms with E-state index in [9.17, 15) is 9.90 Å². The number of rotatable bonds is 11. The molecule has 6 heteroatoms. The van der Waals surface area contributed by atoms with Gasteiger partial charge in [0.25, 0.3) is 0 Å². The van der Waals surface area contributed by atoms with Gasteiger partial charge in [0.05, 0.1) is 39.1 Å². The lowest BCUT2D eigenvalue weighted by Crippen LogP contribution is -2.46. The fourth-order valence-electron chi connectivity index (χ4n) is 4.34. The third-order valence-electron chi connectivity index (χ3n) is 6.26. The van der Waals surface area contributed by atoms with E-state index in [1.54, 1.807) is 0 Å². The van der Waals surface area contributed by atoms with Gasteiger partial charge in [0.2, 0.25) is 0 Å². The quantitative estimate of drug-likeness (QED) is 0.359. The molecule has 0 radical (unpaired) electrons. The van der Waals surface area contributed by atoms with Crippen molar-refractivity contribution in [1.29, 1.82) is 0 Å². The summed E-state index contributed by atoms with van der Waals surface area (Å²) in [5.41, 5.74) is 3.39. The maximum absolute atomic E-state index is 11.5. The molecule has 1 amide bonds. The van der Waals surface area contributed by atoms with Crippen molar-refractivity contribution >= 4 is 6.09 Å². The van der Waals surface area contributed by atoms with Crippen LogP contribution >= 0.6 is 0 Å². The van der Waals surface area contributed by atoms with Crippen molar-refractivity contribution in [2.45, 2.75) is 38.1 Å². The molecule has 1 N–H and O–H groups in total. The van der Waals surface area contributed by atoms with E-state index in [-0.39, 0.29) is 12.0 Å². The molecule has 1 fully saturated rings. The van der Waals surface area contributed by atoms with Crippen LogP contribution in [0.15, 0.2) is 84.9 Å². The zero-order chi connectivity index (χ0) is 24.3. The Morgan fingerprint density at radius 1 is 0.857 bits per heavy atom. The van der Waals surface area contributed by atoms with Crippen molar-refractivity contribution in [2.75, 3.05) is 26.3 Å². The summed E-state index contributed by atoms with van der Waals surface area (Å²) < 4.78 is 17.8. The number of piperidine rings is 1. The lowest BCUT2D eigenvalue weighted by Gasteiger charge is -2.37. The molecule has 184 valence electrons. The highest BCUT2D eigenvalue weighted by Crippen LogP contribution is 2.32. The second kappa shape index (κ2) is 12.9. The zero-order valence-corrected chi connectivity index (χ0v) is 19.9. The summed E-state index contributed by atoms with van der Waals surface area (Å²) >= 11 is 0. The fraction of sp³-hybridized carbons (Fsp3) is 0.345. The summed E-state index contributed by atoms with van der Waals surface area (Å²) in [6.45, 7) is 3.19. The number of carbonyl (C=O) groups is 1. The molecule has 2 atom stereocenters. The Labute approximate surface area is 207 Å². The number of nitrogens with zero attached hydrogens (tertiary/aromatic N) is 1. The lowest BCUT2D eigenvalue weighted by atomic mass is 9.87. The Kier molecular flexibility index (Phi) is 9.15. The van der Waals surface area contributed by atoms with Crippen LogP contribution in [0.25, 0.3) is 0 Å². The van der Waals surface area contributed by atoms with E-state index >= 15 is 0 Å². The molecule has 1 saturated heterocycles. The summed E-state index contributed by atoms with van der Waals surface area (Å²) in [6, 6.07) is 28.2. The molecule has 4 rings (SSSR count). The van der Waals surface area contributed by atoms with E-state index in [0.29, 0.717) is 39.5 Å². The minimum atomic E-state index is -0.895. The Morgan fingerprint density at radius 3 is 2.17 bits per heavy atom. The van der Waals surface area contributed by atoms with E-state index in [4.69, 9.17) is 14.2 Å². The van der Waals surface area contributed by atoms with Gasteiger partial charge in [0.1, 0.15) is 5.75 Å². The van der Waals surface area contributed by atoms with Crippen LogP contribution in [0.3, 0.4) is 0 Å². The van der Waals surface area contributed by atoms with Crippen LogP contribution in [0.2, 0.25) is 0 Å². The highest BCUT2D eigenvalue weighted by molar-refractivity contribution is 5.65. The lowest BCUT2D eigenvalue weighted by molar-refractivity contribution is -0.0199. The first kappa shape index (κ1) is 24.8. The third kappa shape index (κ3) is 7.57. The standard InChI is InChI=1S/C29H33NO5/c31-29(32)30-17-16-27(28(20-30)35-22-24-10-5-2-6-11-24)25-12-14-26(15-13-25)34-19-7-18-33-21-23-8-3-1-4-9-23/h1-6,8-15,27-28H,7,16-22H2,(H,31,32). The molecule has 1 aliphatic rings. The first-order valence-corrected chi connectivity index (χ1v) is 12.2. The van der Waals surface area contributed by atoms with Gasteiger partial charge >= 0.3 is 6.09 Å². The molecule has 0 aromatic heterocycles. The Hall–Kier alpha value is -3.35. The topological polar surface area (TPSA) is 68.2 Å². The van der Waals surface area contributed by atoms with Crippen molar-refractivity contribution < 1.29 is 24.1 Å². The van der Waals surface area contributed by atoms with Crippen LogP contribution < -0.4 is 4.74 Å². The summed E-state index contributed by atoms with van der Waals surface area (Å²) in [7, 11) is 0. The maximum atomic E-state index is 11.5.